The number of hydrogen-bond acceptors (Lipinski definition) is 3. The number of carboxylic acid groups (broad SMARTS) is 1. The third-order valence-electron chi connectivity index (χ3n) is 2.18. The van der Waals surface area contributed by atoms with E-state index in [1.807, 2.05) is 7.05 Å². The molecule has 1 rings (SSSR count). The van der Waals surface area contributed by atoms with Gasteiger partial charge in [-0.15, -0.1) is 0 Å². The first kappa shape index (κ1) is 10.2. The van der Waals surface area contributed by atoms with Crippen molar-refractivity contribution in [3.8, 4) is 0 Å². The fourth-order valence-electron chi connectivity index (χ4n) is 1.34. The quantitative estimate of drug-likeness (QED) is 0.642. The van der Waals surface area contributed by atoms with E-state index in [2.05, 4.69) is 4.90 Å². The summed E-state index contributed by atoms with van der Waals surface area (Å²) in [4.78, 5) is 12.3. The Labute approximate surface area is 77.8 Å². The number of carboxylic acids is 1. The van der Waals surface area contributed by atoms with Crippen molar-refractivity contribution in [1.29, 1.82) is 0 Å². The van der Waals surface area contributed by atoms with Crippen molar-refractivity contribution in [2.45, 2.75) is 12.5 Å². The monoisotopic (exact) mass is 185 g/mol. The highest BCUT2D eigenvalue weighted by molar-refractivity contribution is 5.79. The molecule has 74 valence electrons. The summed E-state index contributed by atoms with van der Waals surface area (Å²) in [6.45, 7) is 2.25. The predicted molar refractivity (Wildman–Crippen MR) is 48.6 cm³/mol. The second-order valence-electron chi connectivity index (χ2n) is 3.20. The molecule has 0 radical (unpaired) electrons. The maximum absolute atomic E-state index is 10.2. The third kappa shape index (κ3) is 3.57. The summed E-state index contributed by atoms with van der Waals surface area (Å²) in [5.41, 5.74) is 0. The van der Waals surface area contributed by atoms with Crippen LogP contribution in [0.15, 0.2) is 12.2 Å². The average molecular weight is 185 g/mol. The van der Waals surface area contributed by atoms with Crippen molar-refractivity contribution in [2.24, 2.45) is 0 Å². The fourth-order valence-corrected chi connectivity index (χ4v) is 1.34. The van der Waals surface area contributed by atoms with Gasteiger partial charge in [0, 0.05) is 25.3 Å². The third-order valence-corrected chi connectivity index (χ3v) is 2.18. The van der Waals surface area contributed by atoms with E-state index in [0.29, 0.717) is 12.6 Å². The highest BCUT2D eigenvalue weighted by Crippen LogP contribution is 2.09. The van der Waals surface area contributed by atoms with Crippen molar-refractivity contribution in [2.75, 3.05) is 26.8 Å². The minimum absolute atomic E-state index is 0.443. The molecule has 0 aromatic heterocycles. The topological polar surface area (TPSA) is 49.8 Å². The molecule has 0 aromatic carbocycles. The van der Waals surface area contributed by atoms with Crippen molar-refractivity contribution in [3.63, 3.8) is 0 Å². The first-order valence-electron chi connectivity index (χ1n) is 4.37. The SMILES string of the molecule is CN(CC=CC(=O)O)[C@H]1CCOC1. The molecule has 0 amide bonds. The van der Waals surface area contributed by atoms with Gasteiger partial charge in [-0.3, -0.25) is 4.90 Å². The number of aliphatic carboxylic acids is 1. The molecule has 1 N–H and O–H groups in total. The van der Waals surface area contributed by atoms with Crippen LogP contribution < -0.4 is 0 Å². The Hall–Kier alpha value is -0.870. The first-order chi connectivity index (χ1) is 6.20. The van der Waals surface area contributed by atoms with Crippen LogP contribution in [-0.4, -0.2) is 48.8 Å². The van der Waals surface area contributed by atoms with Crippen LogP contribution >= 0.6 is 0 Å². The zero-order valence-corrected chi connectivity index (χ0v) is 7.77. The van der Waals surface area contributed by atoms with E-state index < -0.39 is 5.97 Å². The lowest BCUT2D eigenvalue weighted by atomic mass is 10.2. The smallest absolute Gasteiger partial charge is 0.328 e. The molecule has 0 spiro atoms. The van der Waals surface area contributed by atoms with Gasteiger partial charge >= 0.3 is 5.97 Å². The number of carbonyl (C=O) groups is 1. The fraction of sp³-hybridized carbons (Fsp3) is 0.667. The van der Waals surface area contributed by atoms with Gasteiger partial charge in [0.2, 0.25) is 0 Å². The number of ether oxygens (including phenoxy) is 1. The first-order valence-corrected chi connectivity index (χ1v) is 4.37. The van der Waals surface area contributed by atoms with Gasteiger partial charge in [0.1, 0.15) is 0 Å². The lowest BCUT2D eigenvalue weighted by Gasteiger charge is -2.20. The van der Waals surface area contributed by atoms with E-state index in [9.17, 15) is 4.79 Å². The molecule has 0 unspecified atom stereocenters. The van der Waals surface area contributed by atoms with Crippen LogP contribution in [0.1, 0.15) is 6.42 Å². The van der Waals surface area contributed by atoms with Crippen LogP contribution in [0.3, 0.4) is 0 Å². The second-order valence-corrected chi connectivity index (χ2v) is 3.20. The summed E-state index contributed by atoms with van der Waals surface area (Å²) in [6, 6.07) is 0.443. The number of hydrogen-bond donors (Lipinski definition) is 1. The molecule has 0 aliphatic carbocycles. The largest absolute Gasteiger partial charge is 0.478 e. The zero-order valence-electron chi connectivity index (χ0n) is 7.77. The van der Waals surface area contributed by atoms with Gasteiger partial charge in [-0.25, -0.2) is 4.79 Å². The number of likely N-dealkylation sites (N-methyl/N-ethyl adjacent to an activating group) is 1. The van der Waals surface area contributed by atoms with Gasteiger partial charge in [0.15, 0.2) is 0 Å². The predicted octanol–water partition coefficient (Wildman–Crippen LogP) is 0.348. The molecule has 4 heteroatoms. The van der Waals surface area contributed by atoms with E-state index in [1.165, 1.54) is 6.08 Å². The zero-order chi connectivity index (χ0) is 9.68. The lowest BCUT2D eigenvalue weighted by Crippen LogP contribution is -2.31. The molecule has 1 fully saturated rings. The summed E-state index contributed by atoms with van der Waals surface area (Å²) < 4.78 is 5.22. The van der Waals surface area contributed by atoms with Crippen LogP contribution in [-0.2, 0) is 9.53 Å². The molecule has 1 saturated heterocycles. The van der Waals surface area contributed by atoms with E-state index in [4.69, 9.17) is 9.84 Å². The van der Waals surface area contributed by atoms with Gasteiger partial charge in [0.25, 0.3) is 0 Å². The van der Waals surface area contributed by atoms with Crippen LogP contribution in [0.2, 0.25) is 0 Å². The molecule has 1 heterocycles. The van der Waals surface area contributed by atoms with Gasteiger partial charge in [0.05, 0.1) is 6.61 Å². The Morgan fingerprint density at radius 2 is 2.54 bits per heavy atom. The average Bonchev–Trinajstić information content (AvgIpc) is 2.55. The molecule has 0 saturated carbocycles. The standard InChI is InChI=1S/C9H15NO3/c1-10(5-2-3-9(11)12)8-4-6-13-7-8/h2-3,8H,4-7H2,1H3,(H,11,12)/t8-/m0/s1. The van der Waals surface area contributed by atoms with Crippen LogP contribution in [0.25, 0.3) is 0 Å². The summed E-state index contributed by atoms with van der Waals surface area (Å²) in [5, 5.41) is 8.36. The Morgan fingerprint density at radius 1 is 1.77 bits per heavy atom. The molecule has 0 bridgehead atoms. The minimum atomic E-state index is -0.893. The summed E-state index contributed by atoms with van der Waals surface area (Å²) in [6.07, 6.45) is 3.87. The van der Waals surface area contributed by atoms with E-state index in [0.717, 1.165) is 19.6 Å². The maximum atomic E-state index is 10.2. The minimum Gasteiger partial charge on any atom is -0.478 e. The Bertz CT molecular complexity index is 197. The Kier molecular flexibility index (Phi) is 3.92. The van der Waals surface area contributed by atoms with Crippen LogP contribution in [0.4, 0.5) is 0 Å². The van der Waals surface area contributed by atoms with Crippen molar-refractivity contribution in [3.05, 3.63) is 12.2 Å². The van der Waals surface area contributed by atoms with Gasteiger partial charge in [-0.2, -0.15) is 0 Å². The number of nitrogens with zero attached hydrogens (tertiary/aromatic N) is 1. The highest BCUT2D eigenvalue weighted by atomic mass is 16.5. The normalized spacial score (nSPS) is 23.1. The van der Waals surface area contributed by atoms with Crippen LogP contribution in [0, 0.1) is 0 Å². The number of rotatable bonds is 4. The molecule has 13 heavy (non-hydrogen) atoms. The molecule has 1 aliphatic rings. The van der Waals surface area contributed by atoms with Crippen LogP contribution in [0.5, 0.6) is 0 Å². The molecule has 1 aliphatic heterocycles. The molecular formula is C9H15NO3. The summed E-state index contributed by atoms with van der Waals surface area (Å²) in [5.74, 6) is -0.893. The van der Waals surface area contributed by atoms with Crippen molar-refractivity contribution >= 4 is 5.97 Å². The Morgan fingerprint density at radius 3 is 3.08 bits per heavy atom. The molecule has 0 aromatic rings. The second kappa shape index (κ2) is 4.99. The van der Waals surface area contributed by atoms with Gasteiger partial charge in [-0.05, 0) is 13.5 Å². The molecule has 4 nitrogen and oxygen atoms in total. The lowest BCUT2D eigenvalue weighted by molar-refractivity contribution is -0.131. The molecule has 1 atom stereocenters. The van der Waals surface area contributed by atoms with E-state index >= 15 is 0 Å². The van der Waals surface area contributed by atoms with E-state index in [-0.39, 0.29) is 0 Å². The highest BCUT2D eigenvalue weighted by Gasteiger charge is 2.18. The summed E-state index contributed by atoms with van der Waals surface area (Å²) in [7, 11) is 1.98. The van der Waals surface area contributed by atoms with E-state index in [1.54, 1.807) is 6.08 Å². The Balaban J connectivity index is 2.23. The van der Waals surface area contributed by atoms with Crippen molar-refractivity contribution in [1.82, 2.24) is 4.90 Å². The van der Waals surface area contributed by atoms with Crippen molar-refractivity contribution < 1.29 is 14.6 Å². The van der Waals surface area contributed by atoms with Gasteiger partial charge < -0.3 is 9.84 Å². The molecular weight excluding hydrogens is 170 g/mol. The maximum Gasteiger partial charge on any atom is 0.328 e. The summed E-state index contributed by atoms with van der Waals surface area (Å²) >= 11 is 0. The van der Waals surface area contributed by atoms with Gasteiger partial charge in [-0.1, -0.05) is 6.08 Å².